The third-order valence-electron chi connectivity index (χ3n) is 5.06. The number of ether oxygens (including phenoxy) is 1. The number of carbonyl (C=O) groups is 1. The predicted molar refractivity (Wildman–Crippen MR) is 90.7 cm³/mol. The summed E-state index contributed by atoms with van der Waals surface area (Å²) in [5.74, 6) is 1.74. The molecule has 1 aliphatic heterocycles. The van der Waals surface area contributed by atoms with Gasteiger partial charge in [-0.1, -0.05) is 18.2 Å². The van der Waals surface area contributed by atoms with Crippen molar-refractivity contribution in [2.45, 2.75) is 31.3 Å². The molecule has 1 saturated heterocycles. The molecule has 0 N–H and O–H groups in total. The molecule has 2 fully saturated rings. The number of nitrogens with zero attached hydrogens (tertiary/aromatic N) is 3. The molecule has 1 aromatic heterocycles. The minimum atomic E-state index is 0.154. The normalized spacial score (nSPS) is 24.0. The van der Waals surface area contributed by atoms with E-state index < -0.39 is 0 Å². The van der Waals surface area contributed by atoms with Gasteiger partial charge >= 0.3 is 0 Å². The monoisotopic (exact) mass is 325 g/mol. The fourth-order valence-electron chi connectivity index (χ4n) is 3.59. The van der Waals surface area contributed by atoms with E-state index in [0.29, 0.717) is 11.8 Å². The highest BCUT2D eigenvalue weighted by atomic mass is 16.5. The molecule has 1 aromatic carbocycles. The van der Waals surface area contributed by atoms with Crippen LogP contribution in [0.1, 0.15) is 30.7 Å². The fourth-order valence-corrected chi connectivity index (χ4v) is 3.59. The van der Waals surface area contributed by atoms with Gasteiger partial charge in [-0.25, -0.2) is 0 Å². The summed E-state index contributed by atoms with van der Waals surface area (Å²) in [4.78, 5) is 14.7. The molecule has 1 saturated carbocycles. The third kappa shape index (κ3) is 3.16. The lowest BCUT2D eigenvalue weighted by Crippen LogP contribution is -2.42. The molecule has 2 aliphatic rings. The first kappa shape index (κ1) is 15.2. The fraction of sp³-hybridized carbons (Fsp3) is 0.474. The van der Waals surface area contributed by atoms with Crippen LogP contribution in [0.5, 0.6) is 5.75 Å². The maximum absolute atomic E-state index is 12.7. The average Bonchev–Trinajstić information content (AvgIpc) is 3.30. The lowest BCUT2D eigenvalue weighted by molar-refractivity contribution is -0.134. The summed E-state index contributed by atoms with van der Waals surface area (Å²) in [6.07, 6.45) is 6.90. The van der Waals surface area contributed by atoms with Crippen molar-refractivity contribution in [3.63, 3.8) is 0 Å². The molecule has 2 aromatic rings. The van der Waals surface area contributed by atoms with Gasteiger partial charge in [0, 0.05) is 45.1 Å². The highest BCUT2D eigenvalue weighted by Crippen LogP contribution is 2.48. The van der Waals surface area contributed by atoms with Crippen LogP contribution in [0.15, 0.2) is 42.7 Å². The van der Waals surface area contributed by atoms with Gasteiger partial charge in [0.1, 0.15) is 11.9 Å². The largest absolute Gasteiger partial charge is 0.490 e. The molecule has 1 amide bonds. The van der Waals surface area contributed by atoms with Crippen molar-refractivity contribution in [3.8, 4) is 5.75 Å². The number of amides is 1. The smallest absolute Gasteiger partial charge is 0.226 e. The molecular weight excluding hydrogens is 302 g/mol. The first-order valence-corrected chi connectivity index (χ1v) is 8.70. The van der Waals surface area contributed by atoms with Gasteiger partial charge in [0.2, 0.25) is 5.91 Å². The van der Waals surface area contributed by atoms with E-state index in [0.717, 1.165) is 38.1 Å². The molecule has 0 unspecified atom stereocenters. The molecule has 2 heterocycles. The Morgan fingerprint density at radius 1 is 1.21 bits per heavy atom. The van der Waals surface area contributed by atoms with Gasteiger partial charge in [-0.2, -0.15) is 5.10 Å². The Morgan fingerprint density at radius 2 is 1.96 bits per heavy atom. The minimum absolute atomic E-state index is 0.154. The number of aromatic nitrogens is 2. The van der Waals surface area contributed by atoms with Crippen LogP contribution in [-0.4, -0.2) is 39.8 Å². The van der Waals surface area contributed by atoms with Gasteiger partial charge in [0.25, 0.3) is 0 Å². The number of para-hydroxylation sites is 1. The average molecular weight is 325 g/mol. The first-order valence-electron chi connectivity index (χ1n) is 8.70. The van der Waals surface area contributed by atoms with Crippen LogP contribution in [0.25, 0.3) is 0 Å². The number of benzene rings is 1. The van der Waals surface area contributed by atoms with Crippen LogP contribution in [0.2, 0.25) is 0 Å². The van der Waals surface area contributed by atoms with Crippen LogP contribution in [0, 0.1) is 5.92 Å². The Labute approximate surface area is 142 Å². The molecular formula is C19H23N3O2. The molecule has 5 nitrogen and oxygen atoms in total. The second-order valence-electron chi connectivity index (χ2n) is 6.85. The number of hydrogen-bond donors (Lipinski definition) is 0. The highest BCUT2D eigenvalue weighted by molar-refractivity contribution is 5.83. The second kappa shape index (κ2) is 6.30. The van der Waals surface area contributed by atoms with Gasteiger partial charge in [-0.15, -0.1) is 0 Å². The second-order valence-corrected chi connectivity index (χ2v) is 6.85. The lowest BCUT2D eigenvalue weighted by atomic mass is 10.1. The summed E-state index contributed by atoms with van der Waals surface area (Å²) in [7, 11) is 1.92. The van der Waals surface area contributed by atoms with Crippen LogP contribution >= 0.6 is 0 Å². The molecule has 2 atom stereocenters. The Bertz CT molecular complexity index is 704. The van der Waals surface area contributed by atoms with Crippen molar-refractivity contribution in [2.75, 3.05) is 13.1 Å². The molecule has 4 rings (SSSR count). The Morgan fingerprint density at radius 3 is 2.62 bits per heavy atom. The molecule has 1 aliphatic carbocycles. The topological polar surface area (TPSA) is 47.4 Å². The summed E-state index contributed by atoms with van der Waals surface area (Å²) in [6.45, 7) is 1.60. The highest BCUT2D eigenvalue weighted by Gasteiger charge is 2.46. The number of piperidine rings is 1. The van der Waals surface area contributed by atoms with Gasteiger partial charge in [-0.3, -0.25) is 9.48 Å². The van der Waals surface area contributed by atoms with E-state index in [1.54, 1.807) is 0 Å². The SMILES string of the molecule is Cn1cc([C@H]2C[C@@H]2C(=O)N2CCC(Oc3ccccc3)CC2)cn1. The van der Waals surface area contributed by atoms with Crippen molar-refractivity contribution in [1.29, 1.82) is 0 Å². The van der Waals surface area contributed by atoms with Crippen molar-refractivity contribution in [3.05, 3.63) is 48.3 Å². The standard InChI is InChI=1S/C19H23N3O2/c1-21-13-14(12-20-21)17-11-18(17)19(23)22-9-7-16(8-10-22)24-15-5-3-2-4-6-15/h2-6,12-13,16-18H,7-11H2,1H3/t17-,18+/m1/s1. The van der Waals surface area contributed by atoms with E-state index >= 15 is 0 Å². The van der Waals surface area contributed by atoms with Crippen LogP contribution in [0.4, 0.5) is 0 Å². The zero-order valence-corrected chi connectivity index (χ0v) is 14.0. The zero-order chi connectivity index (χ0) is 16.5. The van der Waals surface area contributed by atoms with E-state index in [-0.39, 0.29) is 12.0 Å². The van der Waals surface area contributed by atoms with Crippen LogP contribution in [-0.2, 0) is 11.8 Å². The van der Waals surface area contributed by atoms with Gasteiger partial charge in [-0.05, 0) is 30.0 Å². The van der Waals surface area contributed by atoms with Gasteiger partial charge in [0.05, 0.1) is 6.20 Å². The van der Waals surface area contributed by atoms with Crippen molar-refractivity contribution in [2.24, 2.45) is 13.0 Å². The predicted octanol–water partition coefficient (Wildman–Crippen LogP) is 2.59. The zero-order valence-electron chi connectivity index (χ0n) is 14.0. The quantitative estimate of drug-likeness (QED) is 0.868. The molecule has 24 heavy (non-hydrogen) atoms. The summed E-state index contributed by atoms with van der Waals surface area (Å²) in [6, 6.07) is 9.93. The summed E-state index contributed by atoms with van der Waals surface area (Å²) in [5, 5.41) is 4.21. The van der Waals surface area contributed by atoms with E-state index in [1.165, 1.54) is 5.56 Å². The Kier molecular flexibility index (Phi) is 4.00. The van der Waals surface area contributed by atoms with Crippen molar-refractivity contribution in [1.82, 2.24) is 14.7 Å². The molecule has 0 radical (unpaired) electrons. The summed E-state index contributed by atoms with van der Waals surface area (Å²) < 4.78 is 7.81. The molecule has 126 valence electrons. The van der Waals surface area contributed by atoms with Crippen molar-refractivity contribution >= 4 is 5.91 Å². The van der Waals surface area contributed by atoms with Crippen LogP contribution in [0.3, 0.4) is 0 Å². The number of hydrogen-bond acceptors (Lipinski definition) is 3. The maximum Gasteiger partial charge on any atom is 0.226 e. The Balaban J connectivity index is 1.28. The number of carbonyl (C=O) groups excluding carboxylic acids is 1. The number of rotatable bonds is 4. The van der Waals surface area contributed by atoms with Crippen molar-refractivity contribution < 1.29 is 9.53 Å². The van der Waals surface area contributed by atoms with Gasteiger partial charge in [0.15, 0.2) is 0 Å². The molecule has 5 heteroatoms. The number of likely N-dealkylation sites (tertiary alicyclic amines) is 1. The van der Waals surface area contributed by atoms with E-state index in [1.807, 2.05) is 59.4 Å². The van der Waals surface area contributed by atoms with Crippen LogP contribution < -0.4 is 4.74 Å². The summed E-state index contributed by atoms with van der Waals surface area (Å²) >= 11 is 0. The summed E-state index contributed by atoms with van der Waals surface area (Å²) in [5.41, 5.74) is 1.19. The van der Waals surface area contributed by atoms with E-state index in [2.05, 4.69) is 5.10 Å². The Hall–Kier alpha value is -2.30. The first-order chi connectivity index (χ1) is 11.7. The maximum atomic E-state index is 12.7. The molecule has 0 spiro atoms. The van der Waals surface area contributed by atoms with E-state index in [4.69, 9.17) is 4.74 Å². The van der Waals surface area contributed by atoms with Gasteiger partial charge < -0.3 is 9.64 Å². The number of aryl methyl sites for hydroxylation is 1. The van der Waals surface area contributed by atoms with E-state index in [9.17, 15) is 4.79 Å². The minimum Gasteiger partial charge on any atom is -0.490 e. The molecule has 0 bridgehead atoms. The third-order valence-corrected chi connectivity index (χ3v) is 5.06. The lowest BCUT2D eigenvalue weighted by Gasteiger charge is -2.32.